The lowest BCUT2D eigenvalue weighted by Gasteiger charge is -2.13. The van der Waals surface area contributed by atoms with Crippen LogP contribution in [0.5, 0.6) is 0 Å². The van der Waals surface area contributed by atoms with E-state index in [9.17, 15) is 9.59 Å². The first-order valence-corrected chi connectivity index (χ1v) is 6.30. The van der Waals surface area contributed by atoms with Crippen LogP contribution in [0.25, 0.3) is 0 Å². The maximum absolute atomic E-state index is 10.9. The number of nitrogens with one attached hydrogen (secondary N) is 2. The van der Waals surface area contributed by atoms with Crippen molar-refractivity contribution in [2.24, 2.45) is 5.92 Å². The van der Waals surface area contributed by atoms with Gasteiger partial charge in [0.15, 0.2) is 0 Å². The Balaban J connectivity index is 1.96. The summed E-state index contributed by atoms with van der Waals surface area (Å²) in [7, 11) is 0. The number of aliphatic carboxylic acids is 1. The van der Waals surface area contributed by atoms with Crippen LogP contribution in [-0.4, -0.2) is 36.1 Å². The number of carbonyl (C=O) groups is 2. The molecule has 5 heteroatoms. The SMILES string of the molecule is CC(CCNCC1CCC(=O)N1)CCC(=O)O. The van der Waals surface area contributed by atoms with Crippen LogP contribution in [0.3, 0.4) is 0 Å². The van der Waals surface area contributed by atoms with E-state index in [0.29, 0.717) is 12.3 Å². The first-order valence-electron chi connectivity index (χ1n) is 6.30. The average Bonchev–Trinajstić information content (AvgIpc) is 2.68. The van der Waals surface area contributed by atoms with Crippen LogP contribution in [0.15, 0.2) is 0 Å². The smallest absolute Gasteiger partial charge is 0.303 e. The Hall–Kier alpha value is -1.10. The van der Waals surface area contributed by atoms with Crippen molar-refractivity contribution in [3.8, 4) is 0 Å². The minimum absolute atomic E-state index is 0.145. The van der Waals surface area contributed by atoms with E-state index in [-0.39, 0.29) is 18.4 Å². The number of amides is 1. The van der Waals surface area contributed by atoms with E-state index in [1.165, 1.54) is 0 Å². The first-order chi connectivity index (χ1) is 8.08. The van der Waals surface area contributed by atoms with Gasteiger partial charge >= 0.3 is 5.97 Å². The van der Waals surface area contributed by atoms with E-state index in [1.807, 2.05) is 0 Å². The number of hydrogen-bond donors (Lipinski definition) is 3. The van der Waals surface area contributed by atoms with Crippen molar-refractivity contribution < 1.29 is 14.7 Å². The Morgan fingerprint density at radius 1 is 1.59 bits per heavy atom. The summed E-state index contributed by atoms with van der Waals surface area (Å²) in [6.45, 7) is 3.77. The summed E-state index contributed by atoms with van der Waals surface area (Å²) < 4.78 is 0. The molecule has 17 heavy (non-hydrogen) atoms. The Kier molecular flexibility index (Phi) is 5.97. The molecule has 1 saturated heterocycles. The highest BCUT2D eigenvalue weighted by molar-refractivity contribution is 5.78. The Labute approximate surface area is 102 Å². The lowest BCUT2D eigenvalue weighted by molar-refractivity contribution is -0.137. The zero-order chi connectivity index (χ0) is 12.7. The van der Waals surface area contributed by atoms with Gasteiger partial charge in [0.2, 0.25) is 5.91 Å². The quantitative estimate of drug-likeness (QED) is 0.549. The Morgan fingerprint density at radius 3 is 2.94 bits per heavy atom. The van der Waals surface area contributed by atoms with Gasteiger partial charge in [0.05, 0.1) is 0 Å². The van der Waals surface area contributed by atoms with Crippen molar-refractivity contribution in [2.75, 3.05) is 13.1 Å². The van der Waals surface area contributed by atoms with Crippen LogP contribution >= 0.6 is 0 Å². The second-order valence-electron chi connectivity index (χ2n) is 4.83. The standard InChI is InChI=1S/C12H22N2O3/c1-9(2-5-12(16)17)6-7-13-8-10-3-4-11(15)14-10/h9-10,13H,2-8H2,1H3,(H,14,15)(H,16,17). The third-order valence-corrected chi connectivity index (χ3v) is 3.14. The Morgan fingerprint density at radius 2 is 2.35 bits per heavy atom. The first kappa shape index (κ1) is 14.0. The molecule has 1 heterocycles. The maximum Gasteiger partial charge on any atom is 0.303 e. The lowest BCUT2D eigenvalue weighted by atomic mass is 10.0. The van der Waals surface area contributed by atoms with Gasteiger partial charge in [-0.15, -0.1) is 0 Å². The highest BCUT2D eigenvalue weighted by Gasteiger charge is 2.19. The van der Waals surface area contributed by atoms with E-state index >= 15 is 0 Å². The van der Waals surface area contributed by atoms with Crippen molar-refractivity contribution >= 4 is 11.9 Å². The summed E-state index contributed by atoms with van der Waals surface area (Å²) in [5.74, 6) is -0.151. The molecule has 0 saturated carbocycles. The molecule has 98 valence electrons. The molecule has 0 aromatic heterocycles. The van der Waals surface area contributed by atoms with Gasteiger partial charge in [-0.1, -0.05) is 6.92 Å². The molecule has 1 amide bonds. The van der Waals surface area contributed by atoms with Crippen molar-refractivity contribution in [1.82, 2.24) is 10.6 Å². The monoisotopic (exact) mass is 242 g/mol. The predicted molar refractivity (Wildman–Crippen MR) is 64.7 cm³/mol. The summed E-state index contributed by atoms with van der Waals surface area (Å²) in [4.78, 5) is 21.3. The van der Waals surface area contributed by atoms with Crippen LogP contribution in [0.4, 0.5) is 0 Å². The fourth-order valence-electron chi connectivity index (χ4n) is 1.97. The predicted octanol–water partition coefficient (Wildman–Crippen LogP) is 0.746. The van der Waals surface area contributed by atoms with E-state index in [1.54, 1.807) is 0 Å². The fourth-order valence-corrected chi connectivity index (χ4v) is 1.97. The molecule has 0 spiro atoms. The lowest BCUT2D eigenvalue weighted by Crippen LogP contribution is -2.36. The van der Waals surface area contributed by atoms with Crippen molar-refractivity contribution in [3.05, 3.63) is 0 Å². The highest BCUT2D eigenvalue weighted by atomic mass is 16.4. The van der Waals surface area contributed by atoms with Crippen LogP contribution < -0.4 is 10.6 Å². The van der Waals surface area contributed by atoms with Gasteiger partial charge in [0, 0.05) is 25.4 Å². The minimum atomic E-state index is -0.724. The topological polar surface area (TPSA) is 78.4 Å². The summed E-state index contributed by atoms with van der Waals surface area (Å²) in [6, 6.07) is 0.275. The van der Waals surface area contributed by atoms with Crippen molar-refractivity contribution in [1.29, 1.82) is 0 Å². The molecular weight excluding hydrogens is 220 g/mol. The number of carboxylic acids is 1. The summed E-state index contributed by atoms with van der Waals surface area (Å²) in [6.07, 6.45) is 3.52. The molecule has 0 aromatic carbocycles. The zero-order valence-corrected chi connectivity index (χ0v) is 10.4. The minimum Gasteiger partial charge on any atom is -0.481 e. The number of carbonyl (C=O) groups excluding carboxylic acids is 1. The molecule has 1 rings (SSSR count). The zero-order valence-electron chi connectivity index (χ0n) is 10.4. The third kappa shape index (κ3) is 6.26. The molecular formula is C12H22N2O3. The molecule has 1 aliphatic rings. The number of carboxylic acid groups (broad SMARTS) is 1. The number of hydrogen-bond acceptors (Lipinski definition) is 3. The normalized spacial score (nSPS) is 21.2. The molecule has 5 nitrogen and oxygen atoms in total. The summed E-state index contributed by atoms with van der Waals surface area (Å²) in [5.41, 5.74) is 0. The molecule has 0 aliphatic carbocycles. The molecule has 2 unspecified atom stereocenters. The molecule has 0 radical (unpaired) electrons. The van der Waals surface area contributed by atoms with E-state index < -0.39 is 5.97 Å². The second-order valence-corrected chi connectivity index (χ2v) is 4.83. The Bertz CT molecular complexity index is 268. The van der Waals surface area contributed by atoms with Crippen LogP contribution in [-0.2, 0) is 9.59 Å². The molecule has 3 N–H and O–H groups in total. The maximum atomic E-state index is 10.9. The van der Waals surface area contributed by atoms with E-state index in [0.717, 1.165) is 32.4 Å². The second kappa shape index (κ2) is 7.27. The molecule has 0 bridgehead atoms. The van der Waals surface area contributed by atoms with Gasteiger partial charge in [0.25, 0.3) is 0 Å². The molecule has 1 fully saturated rings. The van der Waals surface area contributed by atoms with Crippen molar-refractivity contribution in [2.45, 2.75) is 45.1 Å². The van der Waals surface area contributed by atoms with Gasteiger partial charge in [0.1, 0.15) is 0 Å². The average molecular weight is 242 g/mol. The highest BCUT2D eigenvalue weighted by Crippen LogP contribution is 2.09. The van der Waals surface area contributed by atoms with Gasteiger partial charge < -0.3 is 15.7 Å². The van der Waals surface area contributed by atoms with Gasteiger partial charge in [-0.3, -0.25) is 9.59 Å². The van der Waals surface area contributed by atoms with Gasteiger partial charge in [-0.05, 0) is 31.7 Å². The summed E-state index contributed by atoms with van der Waals surface area (Å²) >= 11 is 0. The van der Waals surface area contributed by atoms with E-state index in [2.05, 4.69) is 17.6 Å². The van der Waals surface area contributed by atoms with Gasteiger partial charge in [-0.25, -0.2) is 0 Å². The largest absolute Gasteiger partial charge is 0.481 e. The van der Waals surface area contributed by atoms with E-state index in [4.69, 9.17) is 5.11 Å². The van der Waals surface area contributed by atoms with Gasteiger partial charge in [-0.2, -0.15) is 0 Å². The van der Waals surface area contributed by atoms with Crippen LogP contribution in [0.1, 0.15) is 39.0 Å². The van der Waals surface area contributed by atoms with Crippen LogP contribution in [0.2, 0.25) is 0 Å². The molecule has 1 aliphatic heterocycles. The fraction of sp³-hybridized carbons (Fsp3) is 0.833. The summed E-state index contributed by atoms with van der Waals surface area (Å²) in [5, 5.41) is 14.8. The van der Waals surface area contributed by atoms with Crippen LogP contribution in [0, 0.1) is 5.92 Å². The molecule has 2 atom stereocenters. The number of rotatable bonds is 8. The third-order valence-electron chi connectivity index (χ3n) is 3.14. The molecule has 0 aromatic rings. The van der Waals surface area contributed by atoms with Crippen molar-refractivity contribution in [3.63, 3.8) is 0 Å².